The fourth-order valence-electron chi connectivity index (χ4n) is 1.18. The van der Waals surface area contributed by atoms with E-state index in [1.165, 1.54) is 0 Å². The maximum atomic E-state index is 5.35. The highest BCUT2D eigenvalue weighted by atomic mass is 28.4. The van der Waals surface area contributed by atoms with Crippen LogP contribution in [-0.2, 0) is 13.6 Å². The van der Waals surface area contributed by atoms with Crippen molar-refractivity contribution in [1.29, 1.82) is 0 Å². The highest BCUT2D eigenvalue weighted by molar-refractivity contribution is 6.66. The van der Waals surface area contributed by atoms with E-state index in [1.807, 2.05) is 0 Å². The molecule has 0 N–H and O–H groups in total. The van der Waals surface area contributed by atoms with Crippen LogP contribution in [0.5, 0.6) is 0 Å². The summed E-state index contributed by atoms with van der Waals surface area (Å²) in [5, 5.41) is 0. The van der Waals surface area contributed by atoms with Crippen LogP contribution < -0.4 is 0 Å². The summed E-state index contributed by atoms with van der Waals surface area (Å²) < 4.78 is 15.8. The molecular formula is C7H16O3Si. The van der Waals surface area contributed by atoms with E-state index < -0.39 is 8.56 Å². The molecule has 0 radical (unpaired) electrons. The zero-order valence-corrected chi connectivity index (χ0v) is 8.42. The molecule has 1 aliphatic rings. The third-order valence-corrected chi connectivity index (χ3v) is 5.28. The average molecular weight is 176 g/mol. The second-order valence-electron chi connectivity index (χ2n) is 3.15. The van der Waals surface area contributed by atoms with Crippen molar-refractivity contribution in [3.63, 3.8) is 0 Å². The quantitative estimate of drug-likeness (QED) is 0.598. The van der Waals surface area contributed by atoms with Gasteiger partial charge in [0, 0.05) is 20.1 Å². The van der Waals surface area contributed by atoms with E-state index in [0.717, 1.165) is 19.3 Å². The highest BCUT2D eigenvalue weighted by Crippen LogP contribution is 2.23. The van der Waals surface area contributed by atoms with Gasteiger partial charge < -0.3 is 13.6 Å². The van der Waals surface area contributed by atoms with Crippen LogP contribution in [0.1, 0.15) is 0 Å². The molecule has 0 aromatic carbocycles. The Balaban J connectivity index is 2.29. The van der Waals surface area contributed by atoms with E-state index >= 15 is 0 Å². The Bertz CT molecular complexity index is 121. The number of hydrogen-bond donors (Lipinski definition) is 0. The minimum Gasteiger partial charge on any atom is -0.398 e. The van der Waals surface area contributed by atoms with Gasteiger partial charge in [-0.15, -0.1) is 0 Å². The Morgan fingerprint density at radius 1 is 1.36 bits per heavy atom. The van der Waals surface area contributed by atoms with E-state index in [9.17, 15) is 0 Å². The lowest BCUT2D eigenvalue weighted by Crippen LogP contribution is -2.43. The monoisotopic (exact) mass is 176 g/mol. The maximum Gasteiger partial charge on any atom is 0.334 e. The van der Waals surface area contributed by atoms with Gasteiger partial charge in [-0.25, -0.2) is 0 Å². The Morgan fingerprint density at radius 3 is 2.18 bits per heavy atom. The van der Waals surface area contributed by atoms with Gasteiger partial charge in [-0.3, -0.25) is 0 Å². The Morgan fingerprint density at radius 2 is 1.91 bits per heavy atom. The van der Waals surface area contributed by atoms with Gasteiger partial charge in [0.1, 0.15) is 0 Å². The Kier molecular flexibility index (Phi) is 3.06. The summed E-state index contributed by atoms with van der Waals surface area (Å²) in [6, 6.07) is 1.06. The molecule has 11 heavy (non-hydrogen) atoms. The fourth-order valence-corrected chi connectivity index (χ4v) is 2.96. The van der Waals surface area contributed by atoms with Gasteiger partial charge in [0.05, 0.1) is 13.2 Å². The SMILES string of the molecule is CO[Si](C)(CC1COC1)OC. The molecule has 1 aliphatic heterocycles. The zero-order valence-electron chi connectivity index (χ0n) is 7.42. The number of rotatable bonds is 4. The standard InChI is InChI=1S/C7H16O3Si/c1-8-11(3,9-2)6-7-4-10-5-7/h7H,4-6H2,1-3H3. The minimum absolute atomic E-state index is 0.673. The van der Waals surface area contributed by atoms with Crippen LogP contribution in [0.4, 0.5) is 0 Å². The van der Waals surface area contributed by atoms with Crippen LogP contribution in [0, 0.1) is 5.92 Å². The Labute approximate surface area is 68.9 Å². The van der Waals surface area contributed by atoms with Gasteiger partial charge in [0.2, 0.25) is 0 Å². The molecule has 0 unspecified atom stereocenters. The van der Waals surface area contributed by atoms with Crippen LogP contribution in [0.3, 0.4) is 0 Å². The minimum atomic E-state index is -1.81. The molecule has 66 valence electrons. The third-order valence-electron chi connectivity index (χ3n) is 2.23. The summed E-state index contributed by atoms with van der Waals surface area (Å²) in [5.74, 6) is 0.673. The number of ether oxygens (including phenoxy) is 1. The van der Waals surface area contributed by atoms with Crippen LogP contribution >= 0.6 is 0 Å². The van der Waals surface area contributed by atoms with Gasteiger partial charge in [-0.05, 0) is 12.6 Å². The van der Waals surface area contributed by atoms with Gasteiger partial charge in [0.25, 0.3) is 0 Å². The molecule has 0 aliphatic carbocycles. The molecule has 1 saturated heterocycles. The number of hydrogen-bond acceptors (Lipinski definition) is 3. The molecular weight excluding hydrogens is 160 g/mol. The van der Waals surface area contributed by atoms with E-state index in [1.54, 1.807) is 14.2 Å². The molecule has 0 spiro atoms. The van der Waals surface area contributed by atoms with E-state index in [0.29, 0.717) is 5.92 Å². The molecule has 0 atom stereocenters. The van der Waals surface area contributed by atoms with Crippen molar-refractivity contribution >= 4 is 8.56 Å². The summed E-state index contributed by atoms with van der Waals surface area (Å²) in [4.78, 5) is 0. The molecule has 0 aromatic rings. The molecule has 1 fully saturated rings. The van der Waals surface area contributed by atoms with Crippen molar-refractivity contribution in [3.8, 4) is 0 Å². The molecule has 0 saturated carbocycles. The van der Waals surface area contributed by atoms with Gasteiger partial charge in [0.15, 0.2) is 0 Å². The van der Waals surface area contributed by atoms with Gasteiger partial charge in [-0.2, -0.15) is 0 Å². The molecule has 1 heterocycles. The first-order valence-electron chi connectivity index (χ1n) is 3.88. The maximum absolute atomic E-state index is 5.35. The zero-order chi connectivity index (χ0) is 8.32. The smallest absolute Gasteiger partial charge is 0.334 e. The third kappa shape index (κ3) is 2.26. The highest BCUT2D eigenvalue weighted by Gasteiger charge is 2.35. The van der Waals surface area contributed by atoms with Crippen LogP contribution in [0.15, 0.2) is 0 Å². The first kappa shape index (κ1) is 9.19. The summed E-state index contributed by atoms with van der Waals surface area (Å²) in [6.45, 7) is 3.86. The first-order valence-corrected chi connectivity index (χ1v) is 6.40. The molecule has 0 bridgehead atoms. The van der Waals surface area contributed by atoms with E-state index in [2.05, 4.69) is 6.55 Å². The van der Waals surface area contributed by atoms with Gasteiger partial charge in [-0.1, -0.05) is 0 Å². The topological polar surface area (TPSA) is 27.7 Å². The average Bonchev–Trinajstić information content (AvgIpc) is 1.97. The first-order chi connectivity index (χ1) is 5.20. The molecule has 4 heteroatoms. The van der Waals surface area contributed by atoms with Crippen molar-refractivity contribution in [1.82, 2.24) is 0 Å². The van der Waals surface area contributed by atoms with Crippen LogP contribution in [0.2, 0.25) is 12.6 Å². The largest absolute Gasteiger partial charge is 0.398 e. The van der Waals surface area contributed by atoms with Crippen molar-refractivity contribution in [2.24, 2.45) is 5.92 Å². The summed E-state index contributed by atoms with van der Waals surface area (Å²) in [5.41, 5.74) is 0. The van der Waals surface area contributed by atoms with Crippen molar-refractivity contribution in [3.05, 3.63) is 0 Å². The molecule has 1 rings (SSSR count). The Hall–Kier alpha value is 0.0969. The van der Waals surface area contributed by atoms with Crippen molar-refractivity contribution in [2.45, 2.75) is 12.6 Å². The molecule has 0 amide bonds. The lowest BCUT2D eigenvalue weighted by molar-refractivity contribution is -0.0264. The second-order valence-corrected chi connectivity index (χ2v) is 6.64. The van der Waals surface area contributed by atoms with E-state index in [4.69, 9.17) is 13.6 Å². The molecule has 3 nitrogen and oxygen atoms in total. The van der Waals surface area contributed by atoms with Crippen LogP contribution in [0.25, 0.3) is 0 Å². The molecule has 0 aromatic heterocycles. The summed E-state index contributed by atoms with van der Waals surface area (Å²) in [6.07, 6.45) is 0. The second kappa shape index (κ2) is 3.67. The normalized spacial score (nSPS) is 19.9. The lowest BCUT2D eigenvalue weighted by atomic mass is 10.1. The van der Waals surface area contributed by atoms with Gasteiger partial charge >= 0.3 is 8.56 Å². The fraction of sp³-hybridized carbons (Fsp3) is 1.00. The predicted molar refractivity (Wildman–Crippen MR) is 44.8 cm³/mol. The summed E-state index contributed by atoms with van der Waals surface area (Å²) in [7, 11) is 1.65. The van der Waals surface area contributed by atoms with E-state index in [-0.39, 0.29) is 0 Å². The summed E-state index contributed by atoms with van der Waals surface area (Å²) >= 11 is 0. The van der Waals surface area contributed by atoms with Crippen molar-refractivity contribution < 1.29 is 13.6 Å². The van der Waals surface area contributed by atoms with Crippen LogP contribution in [-0.4, -0.2) is 36.0 Å². The van der Waals surface area contributed by atoms with Crippen molar-refractivity contribution in [2.75, 3.05) is 27.4 Å². The lowest BCUT2D eigenvalue weighted by Gasteiger charge is -2.32. The predicted octanol–water partition coefficient (Wildman–Crippen LogP) is 0.998.